The molecule has 5 atom stereocenters. The highest BCUT2D eigenvalue weighted by Gasteiger charge is 2.50. The number of halogens is 2. The van der Waals surface area contributed by atoms with Gasteiger partial charge >= 0.3 is 0 Å². The molecule has 3 aromatic rings. The zero-order chi connectivity index (χ0) is 27.0. The van der Waals surface area contributed by atoms with Crippen LogP contribution in [0.4, 0.5) is 11.4 Å². The molecule has 0 spiro atoms. The second kappa shape index (κ2) is 11.2. The van der Waals surface area contributed by atoms with Crippen molar-refractivity contribution in [1.29, 1.82) is 0 Å². The normalized spacial score (nSPS) is 23.7. The second-order valence-electron chi connectivity index (χ2n) is 9.70. The highest BCUT2D eigenvalue weighted by Crippen LogP contribution is 2.58. The summed E-state index contributed by atoms with van der Waals surface area (Å²) in [5.74, 6) is 0.104. The molecule has 1 aliphatic heterocycles. The lowest BCUT2D eigenvalue weighted by atomic mass is 9.77. The van der Waals surface area contributed by atoms with E-state index in [9.17, 15) is 14.9 Å². The van der Waals surface area contributed by atoms with Crippen molar-refractivity contribution in [2.75, 3.05) is 18.4 Å². The molecular formula is C29H29Cl2N3O3S. The number of carbonyl (C=O) groups excluding carboxylic acids is 1. The van der Waals surface area contributed by atoms with Gasteiger partial charge in [-0.25, -0.2) is 0 Å². The fraction of sp³-hybridized carbons (Fsp3) is 0.345. The van der Waals surface area contributed by atoms with Crippen LogP contribution >= 0.6 is 35.0 Å². The number of fused-ring (bicyclic) bond motifs is 3. The van der Waals surface area contributed by atoms with Gasteiger partial charge in [0.2, 0.25) is 0 Å². The van der Waals surface area contributed by atoms with Crippen LogP contribution < -0.4 is 5.32 Å². The molecule has 1 N–H and O–H groups in total. The number of alkyl halides is 1. The predicted molar refractivity (Wildman–Crippen MR) is 155 cm³/mol. The van der Waals surface area contributed by atoms with Crippen molar-refractivity contribution >= 4 is 52.2 Å². The number of nitrogens with zero attached hydrogens (tertiary/aromatic N) is 2. The highest BCUT2D eigenvalue weighted by atomic mass is 35.5. The maximum atomic E-state index is 13.2. The summed E-state index contributed by atoms with van der Waals surface area (Å²) in [5, 5.41) is 15.7. The van der Waals surface area contributed by atoms with Gasteiger partial charge in [0.15, 0.2) is 0 Å². The summed E-state index contributed by atoms with van der Waals surface area (Å²) < 4.78 is 0. The molecule has 1 fully saturated rings. The second-order valence-corrected chi connectivity index (χ2v) is 11.9. The lowest BCUT2D eigenvalue weighted by Crippen LogP contribution is -2.33. The molecule has 38 heavy (non-hydrogen) atoms. The van der Waals surface area contributed by atoms with Gasteiger partial charge in [0.05, 0.1) is 21.2 Å². The largest absolute Gasteiger partial charge is 0.378 e. The van der Waals surface area contributed by atoms with Gasteiger partial charge in [0.1, 0.15) is 0 Å². The van der Waals surface area contributed by atoms with Crippen molar-refractivity contribution in [3.05, 3.63) is 98.6 Å². The van der Waals surface area contributed by atoms with Crippen molar-refractivity contribution in [2.45, 2.75) is 47.8 Å². The van der Waals surface area contributed by atoms with Crippen molar-refractivity contribution < 1.29 is 9.72 Å². The summed E-state index contributed by atoms with van der Waals surface area (Å²) in [4.78, 5) is 26.9. The summed E-state index contributed by atoms with van der Waals surface area (Å²) in [6.07, 6.45) is 0.767. The Hall–Kier alpha value is -2.74. The first-order valence-electron chi connectivity index (χ1n) is 12.8. The Balaban J connectivity index is 1.55. The third-order valence-electron chi connectivity index (χ3n) is 7.68. The number of carbonyl (C=O) groups is 1. The van der Waals surface area contributed by atoms with Crippen molar-refractivity contribution in [3.63, 3.8) is 0 Å². The van der Waals surface area contributed by atoms with E-state index < -0.39 is 0 Å². The number of amides is 1. The number of benzene rings is 3. The number of anilines is 1. The average Bonchev–Trinajstić information content (AvgIpc) is 3.25. The number of hydrogen-bond acceptors (Lipinski definition) is 5. The first kappa shape index (κ1) is 26.9. The van der Waals surface area contributed by atoms with Crippen LogP contribution in [0.15, 0.2) is 71.6 Å². The first-order chi connectivity index (χ1) is 18.3. The molecule has 5 unspecified atom stereocenters. The summed E-state index contributed by atoms with van der Waals surface area (Å²) >= 11 is 14.9. The fourth-order valence-corrected chi connectivity index (χ4v) is 7.88. The quantitative estimate of drug-likeness (QED) is 0.178. The number of nitro benzene ring substituents is 1. The molecule has 1 heterocycles. The minimum atomic E-state index is -0.341. The molecule has 9 heteroatoms. The van der Waals surface area contributed by atoms with E-state index >= 15 is 0 Å². The topological polar surface area (TPSA) is 75.5 Å². The van der Waals surface area contributed by atoms with Crippen LogP contribution in [-0.4, -0.2) is 39.4 Å². The average molecular weight is 571 g/mol. The molecule has 5 rings (SSSR count). The number of rotatable bonds is 7. The van der Waals surface area contributed by atoms with Gasteiger partial charge in [0, 0.05) is 46.6 Å². The molecule has 1 saturated carbocycles. The molecule has 2 aliphatic rings. The van der Waals surface area contributed by atoms with Crippen LogP contribution in [0.1, 0.15) is 53.7 Å². The third-order valence-corrected chi connectivity index (χ3v) is 10.0. The van der Waals surface area contributed by atoms with Gasteiger partial charge in [0.25, 0.3) is 11.6 Å². The number of para-hydroxylation sites is 1. The lowest BCUT2D eigenvalue weighted by Gasteiger charge is -2.38. The van der Waals surface area contributed by atoms with E-state index in [1.165, 1.54) is 17.8 Å². The maximum Gasteiger partial charge on any atom is 0.282 e. The zero-order valence-electron chi connectivity index (χ0n) is 21.1. The molecule has 0 radical (unpaired) electrons. The van der Waals surface area contributed by atoms with Gasteiger partial charge in [-0.1, -0.05) is 35.9 Å². The number of thioether (sulfide) groups is 1. The summed E-state index contributed by atoms with van der Waals surface area (Å²) in [7, 11) is 0. The monoisotopic (exact) mass is 569 g/mol. The molecule has 0 bridgehead atoms. The number of nitrogens with one attached hydrogen (secondary N) is 1. The van der Waals surface area contributed by atoms with E-state index in [1.54, 1.807) is 12.1 Å². The van der Waals surface area contributed by atoms with E-state index in [2.05, 4.69) is 5.32 Å². The summed E-state index contributed by atoms with van der Waals surface area (Å²) in [6, 6.07) is 20.5. The minimum Gasteiger partial charge on any atom is -0.378 e. The Morgan fingerprint density at radius 2 is 1.82 bits per heavy atom. The molecule has 1 aliphatic carbocycles. The van der Waals surface area contributed by atoms with E-state index in [4.69, 9.17) is 23.2 Å². The Bertz CT molecular complexity index is 1350. The molecule has 0 saturated heterocycles. The van der Waals surface area contributed by atoms with Gasteiger partial charge in [-0.15, -0.1) is 23.4 Å². The van der Waals surface area contributed by atoms with E-state index in [0.717, 1.165) is 23.2 Å². The molecule has 6 nitrogen and oxygen atoms in total. The number of nitro groups is 1. The van der Waals surface area contributed by atoms with Crippen LogP contribution in [0.25, 0.3) is 0 Å². The zero-order valence-corrected chi connectivity index (χ0v) is 23.5. The Morgan fingerprint density at radius 3 is 2.50 bits per heavy atom. The van der Waals surface area contributed by atoms with Crippen LogP contribution in [0.3, 0.4) is 0 Å². The van der Waals surface area contributed by atoms with Crippen LogP contribution in [-0.2, 0) is 0 Å². The summed E-state index contributed by atoms with van der Waals surface area (Å²) in [5.41, 5.74) is 3.85. The van der Waals surface area contributed by atoms with Gasteiger partial charge in [-0.2, -0.15) is 0 Å². The van der Waals surface area contributed by atoms with Crippen LogP contribution in [0.5, 0.6) is 0 Å². The van der Waals surface area contributed by atoms with Crippen molar-refractivity contribution in [2.24, 2.45) is 5.92 Å². The minimum absolute atomic E-state index is 0.00382. The number of hydrogen-bond donors (Lipinski definition) is 1. The lowest BCUT2D eigenvalue weighted by molar-refractivity contribution is -0.387. The fourth-order valence-electron chi connectivity index (χ4n) is 5.81. The maximum absolute atomic E-state index is 13.2. The predicted octanol–water partition coefficient (Wildman–Crippen LogP) is 7.77. The smallest absolute Gasteiger partial charge is 0.282 e. The Labute approximate surface area is 236 Å². The van der Waals surface area contributed by atoms with E-state index in [-0.39, 0.29) is 45.0 Å². The Morgan fingerprint density at radius 1 is 1.11 bits per heavy atom. The third kappa shape index (κ3) is 4.99. The Kier molecular flexibility index (Phi) is 7.89. The van der Waals surface area contributed by atoms with Gasteiger partial charge in [-0.05, 0) is 73.7 Å². The molecular weight excluding hydrogens is 541 g/mol. The van der Waals surface area contributed by atoms with E-state index in [0.29, 0.717) is 28.6 Å². The van der Waals surface area contributed by atoms with Crippen LogP contribution in [0, 0.1) is 16.0 Å². The molecule has 1 amide bonds. The highest BCUT2D eigenvalue weighted by molar-refractivity contribution is 8.00. The first-order valence-corrected chi connectivity index (χ1v) is 14.5. The SMILES string of the molecule is CCN(CC)C(=O)c1ccc2c(c1)C1C(Cl)C(Sc3ccccc3[N+](=O)[O-])CC1C(c1ccc(Cl)cc1)N2. The van der Waals surface area contributed by atoms with Crippen LogP contribution in [0.2, 0.25) is 5.02 Å². The standard InChI is InChI=1S/C29H29Cl2N3O3S/c1-3-33(4-2)29(35)18-11-14-22-20(15-18)26-21(28(32-22)17-9-12-19(30)13-10-17)16-25(27(26)31)38-24-8-6-5-7-23(24)34(36)37/h5-15,21,25-28,32H,3-4,16H2,1-2H3. The van der Waals surface area contributed by atoms with Crippen molar-refractivity contribution in [1.82, 2.24) is 4.90 Å². The molecule has 198 valence electrons. The van der Waals surface area contributed by atoms with E-state index in [1.807, 2.05) is 67.3 Å². The molecule has 3 aromatic carbocycles. The summed E-state index contributed by atoms with van der Waals surface area (Å²) in [6.45, 7) is 5.24. The molecule has 0 aromatic heterocycles. The van der Waals surface area contributed by atoms with Gasteiger partial charge in [-0.3, -0.25) is 14.9 Å². The van der Waals surface area contributed by atoms with Crippen molar-refractivity contribution in [3.8, 4) is 0 Å². The van der Waals surface area contributed by atoms with Gasteiger partial charge < -0.3 is 10.2 Å².